The predicted molar refractivity (Wildman–Crippen MR) is 55.6 cm³/mol. The standard InChI is InChI=1S/C10H11BO3/c1-2-8-10(14-11-12)7-5-3-4-6-9(7)13-8/h3-6,11-12H,2H2,1H3. The van der Waals surface area contributed by atoms with Crippen molar-refractivity contribution in [3.8, 4) is 5.75 Å². The molecule has 2 rings (SSSR count). The Hall–Kier alpha value is -1.42. The zero-order valence-corrected chi connectivity index (χ0v) is 7.99. The van der Waals surface area contributed by atoms with Crippen LogP contribution in [0.1, 0.15) is 12.7 Å². The molecule has 0 bridgehead atoms. The summed E-state index contributed by atoms with van der Waals surface area (Å²) in [6.07, 6.45) is 0.754. The molecule has 0 aliphatic rings. The third-order valence-corrected chi connectivity index (χ3v) is 2.15. The summed E-state index contributed by atoms with van der Waals surface area (Å²) in [4.78, 5) is 0. The molecule has 0 atom stereocenters. The van der Waals surface area contributed by atoms with E-state index in [0.717, 1.165) is 23.2 Å². The molecule has 1 aromatic heterocycles. The lowest BCUT2D eigenvalue weighted by atomic mass is 10.2. The van der Waals surface area contributed by atoms with Crippen LogP contribution in [0.25, 0.3) is 11.0 Å². The van der Waals surface area contributed by atoms with Gasteiger partial charge >= 0.3 is 7.69 Å². The van der Waals surface area contributed by atoms with Crippen LogP contribution in [-0.4, -0.2) is 12.7 Å². The Morgan fingerprint density at radius 3 is 2.93 bits per heavy atom. The molecular formula is C10H11BO3. The van der Waals surface area contributed by atoms with Gasteiger partial charge in [-0.05, 0) is 12.1 Å². The number of fused-ring (bicyclic) bond motifs is 1. The van der Waals surface area contributed by atoms with Crippen molar-refractivity contribution in [2.75, 3.05) is 0 Å². The summed E-state index contributed by atoms with van der Waals surface area (Å²) in [5, 5.41) is 9.67. The zero-order valence-electron chi connectivity index (χ0n) is 7.99. The van der Waals surface area contributed by atoms with E-state index in [1.807, 2.05) is 31.2 Å². The molecule has 0 fully saturated rings. The van der Waals surface area contributed by atoms with Gasteiger partial charge in [0.25, 0.3) is 0 Å². The maximum atomic E-state index is 8.75. The van der Waals surface area contributed by atoms with Crippen LogP contribution in [0.4, 0.5) is 0 Å². The number of furan rings is 1. The van der Waals surface area contributed by atoms with Crippen molar-refractivity contribution in [2.24, 2.45) is 0 Å². The number of hydrogen-bond donors (Lipinski definition) is 1. The van der Waals surface area contributed by atoms with Crippen molar-refractivity contribution in [1.29, 1.82) is 0 Å². The molecule has 0 amide bonds. The molecule has 0 saturated heterocycles. The van der Waals surface area contributed by atoms with E-state index < -0.39 is 0 Å². The first-order valence-electron chi connectivity index (χ1n) is 4.61. The lowest BCUT2D eigenvalue weighted by molar-refractivity contribution is 0.438. The summed E-state index contributed by atoms with van der Waals surface area (Å²) in [7, 11) is -0.323. The van der Waals surface area contributed by atoms with Gasteiger partial charge in [0.15, 0.2) is 5.75 Å². The molecular weight excluding hydrogens is 179 g/mol. The Morgan fingerprint density at radius 1 is 1.43 bits per heavy atom. The van der Waals surface area contributed by atoms with Crippen LogP contribution in [0.2, 0.25) is 0 Å². The molecule has 0 spiro atoms. The fourth-order valence-electron chi connectivity index (χ4n) is 1.53. The highest BCUT2D eigenvalue weighted by Gasteiger charge is 2.12. The predicted octanol–water partition coefficient (Wildman–Crippen LogP) is 1.63. The minimum Gasteiger partial charge on any atom is -0.536 e. The Balaban J connectivity index is 2.61. The number of rotatable bonds is 3. The quantitative estimate of drug-likeness (QED) is 0.748. The van der Waals surface area contributed by atoms with E-state index in [9.17, 15) is 0 Å². The highest BCUT2D eigenvalue weighted by molar-refractivity contribution is 6.18. The Labute approximate surface area is 82.6 Å². The molecule has 72 valence electrons. The Morgan fingerprint density at radius 2 is 2.21 bits per heavy atom. The molecule has 0 aliphatic carbocycles. The minimum absolute atomic E-state index is 0.323. The molecule has 3 nitrogen and oxygen atoms in total. The van der Waals surface area contributed by atoms with Crippen LogP contribution in [0.5, 0.6) is 5.75 Å². The lowest BCUT2D eigenvalue weighted by Crippen LogP contribution is -2.00. The molecule has 4 heteroatoms. The van der Waals surface area contributed by atoms with E-state index in [1.165, 1.54) is 0 Å². The van der Waals surface area contributed by atoms with Crippen molar-refractivity contribution < 1.29 is 14.1 Å². The van der Waals surface area contributed by atoms with Crippen molar-refractivity contribution in [1.82, 2.24) is 0 Å². The fraction of sp³-hybridized carbons (Fsp3) is 0.200. The monoisotopic (exact) mass is 190 g/mol. The molecule has 0 radical (unpaired) electrons. The smallest absolute Gasteiger partial charge is 0.504 e. The van der Waals surface area contributed by atoms with Gasteiger partial charge in [-0.2, -0.15) is 0 Å². The summed E-state index contributed by atoms with van der Waals surface area (Å²) in [5.74, 6) is 1.44. The first-order chi connectivity index (χ1) is 6.86. The molecule has 2 aromatic rings. The SMILES string of the molecule is CCc1oc2ccccc2c1OBO. The summed E-state index contributed by atoms with van der Waals surface area (Å²) in [5.41, 5.74) is 0.799. The van der Waals surface area contributed by atoms with E-state index in [2.05, 4.69) is 0 Å². The van der Waals surface area contributed by atoms with Gasteiger partial charge in [-0.1, -0.05) is 19.1 Å². The topological polar surface area (TPSA) is 42.6 Å². The fourth-order valence-corrected chi connectivity index (χ4v) is 1.53. The summed E-state index contributed by atoms with van der Waals surface area (Å²) < 4.78 is 10.7. The van der Waals surface area contributed by atoms with E-state index in [0.29, 0.717) is 5.75 Å². The van der Waals surface area contributed by atoms with Gasteiger partial charge in [0, 0.05) is 6.42 Å². The number of aryl methyl sites for hydroxylation is 1. The summed E-state index contributed by atoms with van der Waals surface area (Å²) >= 11 is 0. The van der Waals surface area contributed by atoms with Gasteiger partial charge in [0.2, 0.25) is 0 Å². The average molecular weight is 190 g/mol. The number of benzene rings is 1. The lowest BCUT2D eigenvalue weighted by Gasteiger charge is -2.00. The van der Waals surface area contributed by atoms with E-state index in [-0.39, 0.29) is 7.69 Å². The van der Waals surface area contributed by atoms with Crippen molar-refractivity contribution in [3.05, 3.63) is 30.0 Å². The molecule has 1 N–H and O–H groups in total. The molecule has 1 aromatic carbocycles. The van der Waals surface area contributed by atoms with Crippen LogP contribution >= 0.6 is 0 Å². The average Bonchev–Trinajstić information content (AvgIpc) is 2.58. The second-order valence-electron chi connectivity index (χ2n) is 2.98. The third-order valence-electron chi connectivity index (χ3n) is 2.15. The minimum atomic E-state index is -0.323. The highest BCUT2D eigenvalue weighted by Crippen LogP contribution is 2.32. The van der Waals surface area contributed by atoms with E-state index in [1.54, 1.807) is 0 Å². The van der Waals surface area contributed by atoms with Gasteiger partial charge in [-0.3, -0.25) is 0 Å². The first kappa shape index (κ1) is 9.15. The highest BCUT2D eigenvalue weighted by atomic mass is 16.5. The van der Waals surface area contributed by atoms with Gasteiger partial charge < -0.3 is 14.1 Å². The van der Waals surface area contributed by atoms with Crippen LogP contribution in [0.3, 0.4) is 0 Å². The summed E-state index contributed by atoms with van der Waals surface area (Å²) in [6, 6.07) is 7.64. The maximum absolute atomic E-state index is 8.75. The molecule has 0 unspecified atom stereocenters. The van der Waals surface area contributed by atoms with Crippen LogP contribution < -0.4 is 4.65 Å². The van der Waals surface area contributed by atoms with Crippen LogP contribution in [0, 0.1) is 0 Å². The van der Waals surface area contributed by atoms with Gasteiger partial charge in [-0.15, -0.1) is 0 Å². The van der Waals surface area contributed by atoms with Gasteiger partial charge in [0.05, 0.1) is 5.39 Å². The van der Waals surface area contributed by atoms with Crippen molar-refractivity contribution in [3.63, 3.8) is 0 Å². The van der Waals surface area contributed by atoms with Crippen molar-refractivity contribution >= 4 is 18.7 Å². The number of para-hydroxylation sites is 1. The maximum Gasteiger partial charge on any atom is 0.504 e. The Bertz CT molecular complexity index is 436. The van der Waals surface area contributed by atoms with Crippen LogP contribution in [-0.2, 0) is 6.42 Å². The van der Waals surface area contributed by atoms with Crippen LogP contribution in [0.15, 0.2) is 28.7 Å². The van der Waals surface area contributed by atoms with E-state index in [4.69, 9.17) is 14.1 Å². The molecule has 0 saturated carbocycles. The second-order valence-corrected chi connectivity index (χ2v) is 2.98. The normalized spacial score (nSPS) is 10.4. The third kappa shape index (κ3) is 1.38. The van der Waals surface area contributed by atoms with Crippen molar-refractivity contribution in [2.45, 2.75) is 13.3 Å². The van der Waals surface area contributed by atoms with Gasteiger partial charge in [0.1, 0.15) is 11.3 Å². The molecule has 14 heavy (non-hydrogen) atoms. The summed E-state index contributed by atoms with van der Waals surface area (Å²) in [6.45, 7) is 1.99. The first-order valence-corrected chi connectivity index (χ1v) is 4.61. The number of hydrogen-bond acceptors (Lipinski definition) is 3. The molecule has 0 aliphatic heterocycles. The Kier molecular flexibility index (Phi) is 2.46. The largest absolute Gasteiger partial charge is 0.536 e. The second kappa shape index (κ2) is 3.76. The van der Waals surface area contributed by atoms with E-state index >= 15 is 0 Å². The van der Waals surface area contributed by atoms with Gasteiger partial charge in [-0.25, -0.2) is 0 Å². The zero-order chi connectivity index (χ0) is 9.97. The molecule has 1 heterocycles.